The number of anilines is 1. The molecule has 0 bridgehead atoms. The zero-order chi connectivity index (χ0) is 13.6. The highest BCUT2D eigenvalue weighted by atomic mass is 15.3. The molecule has 0 saturated heterocycles. The Morgan fingerprint density at radius 2 is 2.00 bits per heavy atom. The first kappa shape index (κ1) is 11.8. The fourth-order valence-electron chi connectivity index (χ4n) is 2.16. The summed E-state index contributed by atoms with van der Waals surface area (Å²) in [6, 6.07) is 7.97. The van der Waals surface area contributed by atoms with Crippen LogP contribution < -0.4 is 5.73 Å². The Bertz CT molecular complexity index is 735. The summed E-state index contributed by atoms with van der Waals surface area (Å²) in [6.45, 7) is 4.21. The fraction of sp³-hybridized carbons (Fsp3) is 0.286. The van der Waals surface area contributed by atoms with Gasteiger partial charge in [0, 0.05) is 13.1 Å². The maximum Gasteiger partial charge on any atom is 0.127 e. The molecule has 2 heterocycles. The molecule has 0 radical (unpaired) electrons. The highest BCUT2D eigenvalue weighted by molar-refractivity contribution is 5.77. The molecular weight excluding hydrogens is 238 g/mol. The van der Waals surface area contributed by atoms with E-state index in [1.165, 1.54) is 0 Å². The highest BCUT2D eigenvalue weighted by Crippen LogP contribution is 2.22. The van der Waals surface area contributed by atoms with Gasteiger partial charge in [-0.1, -0.05) is 13.8 Å². The number of aromatic nitrogens is 4. The molecular formula is C14H17N5. The Balaban J connectivity index is 2.13. The Kier molecular flexibility index (Phi) is 2.55. The smallest absolute Gasteiger partial charge is 0.127 e. The summed E-state index contributed by atoms with van der Waals surface area (Å²) < 4.78 is 3.76. The van der Waals surface area contributed by atoms with Gasteiger partial charge in [-0.25, -0.2) is 9.67 Å². The maximum atomic E-state index is 6.04. The third-order valence-electron chi connectivity index (χ3n) is 3.30. The van der Waals surface area contributed by atoms with Crippen molar-refractivity contribution >= 4 is 16.9 Å². The van der Waals surface area contributed by atoms with Crippen molar-refractivity contribution in [1.29, 1.82) is 0 Å². The predicted octanol–water partition coefficient (Wildman–Crippen LogP) is 2.46. The van der Waals surface area contributed by atoms with Crippen LogP contribution in [-0.2, 0) is 7.05 Å². The van der Waals surface area contributed by atoms with E-state index in [1.54, 1.807) is 11.0 Å². The van der Waals surface area contributed by atoms with Gasteiger partial charge in [0.2, 0.25) is 0 Å². The van der Waals surface area contributed by atoms with E-state index in [-0.39, 0.29) is 0 Å². The average Bonchev–Trinajstić information content (AvgIpc) is 2.93. The molecule has 3 rings (SSSR count). The van der Waals surface area contributed by atoms with Gasteiger partial charge >= 0.3 is 0 Å². The second-order valence-electron chi connectivity index (χ2n) is 5.09. The number of aryl methyl sites for hydroxylation is 1. The summed E-state index contributed by atoms with van der Waals surface area (Å²) in [6.07, 6.45) is 1.81. The number of hydrogen-bond donors (Lipinski definition) is 1. The first-order chi connectivity index (χ1) is 9.06. The summed E-state index contributed by atoms with van der Waals surface area (Å²) in [7, 11) is 1.98. The normalized spacial score (nSPS) is 11.6. The quantitative estimate of drug-likeness (QED) is 0.765. The lowest BCUT2D eigenvalue weighted by molar-refractivity contribution is 0.771. The molecule has 0 aliphatic rings. The molecule has 0 amide bonds. The van der Waals surface area contributed by atoms with Crippen molar-refractivity contribution in [1.82, 2.24) is 19.3 Å². The summed E-state index contributed by atoms with van der Waals surface area (Å²) in [4.78, 5) is 4.36. The molecule has 0 fully saturated rings. The largest absolute Gasteiger partial charge is 0.384 e. The van der Waals surface area contributed by atoms with E-state index in [0.717, 1.165) is 22.4 Å². The Morgan fingerprint density at radius 3 is 2.68 bits per heavy atom. The molecule has 0 aliphatic heterocycles. The minimum atomic E-state index is 0.363. The van der Waals surface area contributed by atoms with E-state index in [2.05, 4.69) is 23.9 Å². The zero-order valence-corrected chi connectivity index (χ0v) is 11.3. The zero-order valence-electron chi connectivity index (χ0n) is 11.3. The van der Waals surface area contributed by atoms with E-state index in [0.29, 0.717) is 11.7 Å². The van der Waals surface area contributed by atoms with Crippen LogP contribution in [0.2, 0.25) is 0 Å². The van der Waals surface area contributed by atoms with Gasteiger partial charge in [-0.05, 0) is 24.1 Å². The van der Waals surface area contributed by atoms with Gasteiger partial charge in [0.25, 0.3) is 0 Å². The van der Waals surface area contributed by atoms with Crippen molar-refractivity contribution in [3.63, 3.8) is 0 Å². The minimum absolute atomic E-state index is 0.363. The molecule has 0 atom stereocenters. The van der Waals surface area contributed by atoms with E-state index in [4.69, 9.17) is 5.73 Å². The highest BCUT2D eigenvalue weighted by Gasteiger charge is 2.10. The molecule has 98 valence electrons. The van der Waals surface area contributed by atoms with Gasteiger partial charge in [0.1, 0.15) is 5.82 Å². The topological polar surface area (TPSA) is 61.7 Å². The van der Waals surface area contributed by atoms with Crippen molar-refractivity contribution in [2.24, 2.45) is 7.05 Å². The van der Waals surface area contributed by atoms with Crippen LogP contribution in [0, 0.1) is 0 Å². The van der Waals surface area contributed by atoms with Crippen molar-refractivity contribution in [3.8, 4) is 5.69 Å². The van der Waals surface area contributed by atoms with Crippen LogP contribution in [-0.4, -0.2) is 19.3 Å². The summed E-state index contributed by atoms with van der Waals surface area (Å²) in [5, 5.41) is 4.55. The lowest BCUT2D eigenvalue weighted by Gasteiger charge is -2.04. The third kappa shape index (κ3) is 1.87. The number of hydrogen-bond acceptors (Lipinski definition) is 3. The Hall–Kier alpha value is -2.30. The van der Waals surface area contributed by atoms with Crippen LogP contribution in [0.5, 0.6) is 0 Å². The number of imidazole rings is 1. The van der Waals surface area contributed by atoms with Crippen molar-refractivity contribution in [2.75, 3.05) is 5.73 Å². The maximum absolute atomic E-state index is 6.04. The second kappa shape index (κ2) is 4.12. The first-order valence-electron chi connectivity index (χ1n) is 6.33. The van der Waals surface area contributed by atoms with E-state index in [1.807, 2.05) is 35.9 Å². The third-order valence-corrected chi connectivity index (χ3v) is 3.30. The molecule has 2 N–H and O–H groups in total. The number of fused-ring (bicyclic) bond motifs is 1. The van der Waals surface area contributed by atoms with Crippen LogP contribution in [0.15, 0.2) is 30.6 Å². The lowest BCUT2D eigenvalue weighted by Crippen LogP contribution is -2.02. The van der Waals surface area contributed by atoms with Gasteiger partial charge in [-0.3, -0.25) is 0 Å². The molecule has 0 aliphatic carbocycles. The molecule has 19 heavy (non-hydrogen) atoms. The number of nitrogens with two attached hydrogens (primary N) is 1. The van der Waals surface area contributed by atoms with Gasteiger partial charge in [0.15, 0.2) is 0 Å². The van der Waals surface area contributed by atoms with Crippen LogP contribution in [0.3, 0.4) is 0 Å². The van der Waals surface area contributed by atoms with Crippen molar-refractivity contribution in [3.05, 3.63) is 36.3 Å². The van der Waals surface area contributed by atoms with E-state index < -0.39 is 0 Å². The van der Waals surface area contributed by atoms with Crippen molar-refractivity contribution < 1.29 is 0 Å². The molecule has 5 nitrogen and oxygen atoms in total. The minimum Gasteiger partial charge on any atom is -0.384 e. The monoisotopic (exact) mass is 255 g/mol. The lowest BCUT2D eigenvalue weighted by atomic mass is 10.1. The predicted molar refractivity (Wildman–Crippen MR) is 76.3 cm³/mol. The molecule has 0 unspecified atom stereocenters. The summed E-state index contributed by atoms with van der Waals surface area (Å²) in [5.41, 5.74) is 10.0. The number of benzene rings is 1. The van der Waals surface area contributed by atoms with Crippen LogP contribution in [0.1, 0.15) is 25.5 Å². The fourth-order valence-corrected chi connectivity index (χ4v) is 2.16. The molecule has 1 aromatic carbocycles. The van der Waals surface area contributed by atoms with Gasteiger partial charge in [-0.15, -0.1) is 0 Å². The molecule has 0 saturated carbocycles. The Morgan fingerprint density at radius 1 is 1.21 bits per heavy atom. The molecule has 0 spiro atoms. The van der Waals surface area contributed by atoms with E-state index in [9.17, 15) is 0 Å². The first-order valence-corrected chi connectivity index (χ1v) is 6.33. The SMILES string of the molecule is CC(C)c1cc(N)n(-c2ccc3c(c2)ncn3C)n1. The van der Waals surface area contributed by atoms with Crippen LogP contribution >= 0.6 is 0 Å². The molecule has 5 heteroatoms. The number of nitrogen functional groups attached to an aromatic ring is 1. The van der Waals surface area contributed by atoms with Gasteiger partial charge in [-0.2, -0.15) is 5.10 Å². The number of rotatable bonds is 2. The van der Waals surface area contributed by atoms with Crippen molar-refractivity contribution in [2.45, 2.75) is 19.8 Å². The second-order valence-corrected chi connectivity index (χ2v) is 5.09. The Labute approximate surface area is 111 Å². The molecule has 2 aromatic heterocycles. The summed E-state index contributed by atoms with van der Waals surface area (Å²) in [5.74, 6) is 1.01. The standard InChI is InChI=1S/C14H17N5/c1-9(2)11-7-14(15)19(17-11)10-4-5-13-12(6-10)16-8-18(13)3/h4-9H,15H2,1-3H3. The van der Waals surface area contributed by atoms with E-state index >= 15 is 0 Å². The van der Waals surface area contributed by atoms with Gasteiger partial charge in [0.05, 0.1) is 28.7 Å². The van der Waals surface area contributed by atoms with Gasteiger partial charge < -0.3 is 10.3 Å². The number of nitrogens with zero attached hydrogens (tertiary/aromatic N) is 4. The molecule has 3 aromatic rings. The van der Waals surface area contributed by atoms with Crippen LogP contribution in [0.25, 0.3) is 16.7 Å². The van der Waals surface area contributed by atoms with Crippen LogP contribution in [0.4, 0.5) is 5.82 Å². The average molecular weight is 255 g/mol. The summed E-state index contributed by atoms with van der Waals surface area (Å²) >= 11 is 0.